The van der Waals surface area contributed by atoms with Crippen molar-refractivity contribution < 1.29 is 19.3 Å². The Morgan fingerprint density at radius 1 is 1.67 bits per heavy atom. The molecular formula is C12H15FN4O4. The van der Waals surface area contributed by atoms with E-state index in [0.29, 0.717) is 0 Å². The topological polar surface area (TPSA) is 126 Å². The summed E-state index contributed by atoms with van der Waals surface area (Å²) in [5.41, 5.74) is 3.04. The summed E-state index contributed by atoms with van der Waals surface area (Å²) in [4.78, 5) is 18.1. The summed E-state index contributed by atoms with van der Waals surface area (Å²) >= 11 is 0. The first-order chi connectivity index (χ1) is 9.86. The third kappa shape index (κ3) is 1.93. The maximum Gasteiger partial charge on any atom is 0.261 e. The Labute approximate surface area is 118 Å². The van der Waals surface area contributed by atoms with Crippen LogP contribution in [-0.4, -0.2) is 49.2 Å². The number of nitrogens with zero attached hydrogens (tertiary/aromatic N) is 2. The highest BCUT2D eigenvalue weighted by molar-refractivity contribution is 5.76. The van der Waals surface area contributed by atoms with Crippen molar-refractivity contribution in [2.45, 2.75) is 31.0 Å². The van der Waals surface area contributed by atoms with Crippen molar-refractivity contribution >= 4 is 17.0 Å². The number of fused-ring (bicyclic) bond motifs is 1. The summed E-state index contributed by atoms with van der Waals surface area (Å²) in [7, 11) is 0. The third-order valence-corrected chi connectivity index (χ3v) is 3.75. The smallest absolute Gasteiger partial charge is 0.261 e. The van der Waals surface area contributed by atoms with Crippen molar-refractivity contribution in [1.29, 1.82) is 0 Å². The summed E-state index contributed by atoms with van der Waals surface area (Å²) in [5.74, 6) is -0.106. The van der Waals surface area contributed by atoms with Gasteiger partial charge in [0.15, 0.2) is 17.5 Å². The van der Waals surface area contributed by atoms with Crippen LogP contribution < -0.4 is 11.3 Å². The van der Waals surface area contributed by atoms with Crippen LogP contribution in [0.4, 0.5) is 10.3 Å². The molecule has 1 unspecified atom stereocenters. The van der Waals surface area contributed by atoms with Gasteiger partial charge >= 0.3 is 0 Å². The van der Waals surface area contributed by atoms with E-state index in [-0.39, 0.29) is 17.0 Å². The number of rotatable bonds is 2. The standard InChI is InChI=1S/C12H15FN4O4/c1-12(13)7(19)6(4-18)21-10(12)17-3-2-5-8(17)15-11(14)16-9(5)20/h2-3,6-7,10,18-19H,4H2,1H3,(H3,14,15,16,20)/t6-,7?,10-,12-/m1/s1. The van der Waals surface area contributed by atoms with E-state index >= 15 is 0 Å². The number of alkyl halides is 1. The number of aliphatic hydroxyl groups excluding tert-OH is 2. The van der Waals surface area contributed by atoms with Crippen LogP contribution in [0.15, 0.2) is 17.1 Å². The Kier molecular flexibility index (Phi) is 3.01. The lowest BCUT2D eigenvalue weighted by Gasteiger charge is -2.25. The Balaban J connectivity index is 2.15. The molecule has 3 rings (SSSR count). The van der Waals surface area contributed by atoms with Crippen molar-refractivity contribution in [3.05, 3.63) is 22.6 Å². The van der Waals surface area contributed by atoms with Crippen molar-refractivity contribution in [3.8, 4) is 0 Å². The maximum absolute atomic E-state index is 14.7. The van der Waals surface area contributed by atoms with Crippen molar-refractivity contribution in [2.75, 3.05) is 12.3 Å². The minimum atomic E-state index is -2.15. The van der Waals surface area contributed by atoms with Crippen LogP contribution in [0.25, 0.3) is 11.0 Å². The molecule has 9 heteroatoms. The lowest BCUT2D eigenvalue weighted by molar-refractivity contribution is -0.0564. The molecule has 2 aromatic rings. The van der Waals surface area contributed by atoms with Gasteiger partial charge in [0.2, 0.25) is 5.95 Å². The van der Waals surface area contributed by atoms with Crippen molar-refractivity contribution in [1.82, 2.24) is 14.5 Å². The first-order valence-corrected chi connectivity index (χ1v) is 6.36. The van der Waals surface area contributed by atoms with Crippen LogP contribution in [0, 0.1) is 0 Å². The number of aromatic nitrogens is 3. The maximum atomic E-state index is 14.7. The van der Waals surface area contributed by atoms with E-state index < -0.39 is 36.3 Å². The van der Waals surface area contributed by atoms with Gasteiger partial charge in [0, 0.05) is 6.20 Å². The molecule has 21 heavy (non-hydrogen) atoms. The highest BCUT2D eigenvalue weighted by Gasteiger charge is 2.55. The third-order valence-electron chi connectivity index (χ3n) is 3.75. The molecule has 0 saturated carbocycles. The Morgan fingerprint density at radius 2 is 2.38 bits per heavy atom. The number of hydrogen-bond donors (Lipinski definition) is 4. The number of halogens is 1. The van der Waals surface area contributed by atoms with Crippen LogP contribution in [0.3, 0.4) is 0 Å². The molecule has 0 aromatic carbocycles. The SMILES string of the molecule is C[C@@]1(F)C(O)[C@@H](CO)O[C@H]1n1ccc2c(=O)[nH]c(N)nc21. The second-order valence-corrected chi connectivity index (χ2v) is 5.22. The quantitative estimate of drug-likeness (QED) is 0.580. The average molecular weight is 298 g/mol. The van der Waals surface area contributed by atoms with Gasteiger partial charge in [-0.25, -0.2) is 4.39 Å². The van der Waals surface area contributed by atoms with Gasteiger partial charge in [0.05, 0.1) is 12.0 Å². The zero-order valence-corrected chi connectivity index (χ0v) is 11.2. The number of aliphatic hydroxyl groups is 2. The molecule has 0 aliphatic carbocycles. The van der Waals surface area contributed by atoms with E-state index in [4.69, 9.17) is 15.6 Å². The van der Waals surface area contributed by atoms with Gasteiger partial charge in [0.25, 0.3) is 5.56 Å². The number of anilines is 1. The van der Waals surface area contributed by atoms with Gasteiger partial charge < -0.3 is 25.3 Å². The molecule has 0 spiro atoms. The average Bonchev–Trinajstić information content (AvgIpc) is 2.91. The first-order valence-electron chi connectivity index (χ1n) is 6.36. The molecular weight excluding hydrogens is 283 g/mol. The fourth-order valence-corrected chi connectivity index (χ4v) is 2.61. The second-order valence-electron chi connectivity index (χ2n) is 5.22. The predicted octanol–water partition coefficient (Wildman–Crippen LogP) is -0.714. The number of hydrogen-bond acceptors (Lipinski definition) is 6. The molecule has 3 heterocycles. The number of nitrogen functional groups attached to an aromatic ring is 1. The monoisotopic (exact) mass is 298 g/mol. The zero-order valence-electron chi connectivity index (χ0n) is 11.2. The van der Waals surface area contributed by atoms with E-state index in [1.165, 1.54) is 23.8 Å². The van der Waals surface area contributed by atoms with E-state index in [1.807, 2.05) is 0 Å². The van der Waals surface area contributed by atoms with E-state index in [2.05, 4.69) is 9.97 Å². The van der Waals surface area contributed by atoms with E-state index in [1.54, 1.807) is 0 Å². The molecule has 0 amide bonds. The van der Waals surface area contributed by atoms with Crippen LogP contribution in [0.5, 0.6) is 0 Å². The van der Waals surface area contributed by atoms with Crippen LogP contribution >= 0.6 is 0 Å². The second kappa shape index (κ2) is 4.52. The fourth-order valence-electron chi connectivity index (χ4n) is 2.61. The number of aromatic amines is 1. The zero-order chi connectivity index (χ0) is 15.4. The molecule has 1 fully saturated rings. The predicted molar refractivity (Wildman–Crippen MR) is 71.3 cm³/mol. The molecule has 1 saturated heterocycles. The number of H-pyrrole nitrogens is 1. The Hall–Kier alpha value is -1.97. The van der Waals surface area contributed by atoms with Gasteiger partial charge in [-0.05, 0) is 13.0 Å². The van der Waals surface area contributed by atoms with Crippen LogP contribution in [0.2, 0.25) is 0 Å². The molecule has 8 nitrogen and oxygen atoms in total. The van der Waals surface area contributed by atoms with Gasteiger partial charge in [0.1, 0.15) is 12.2 Å². The number of nitrogens with two attached hydrogens (primary N) is 1. The van der Waals surface area contributed by atoms with Crippen molar-refractivity contribution in [3.63, 3.8) is 0 Å². The lowest BCUT2D eigenvalue weighted by Crippen LogP contribution is -2.40. The molecule has 1 aliphatic rings. The number of ether oxygens (including phenoxy) is 1. The normalized spacial score (nSPS) is 32.9. The summed E-state index contributed by atoms with van der Waals surface area (Å²) in [6.45, 7) is 0.646. The minimum absolute atomic E-state index is 0.106. The van der Waals surface area contributed by atoms with Gasteiger partial charge in [-0.15, -0.1) is 0 Å². The fraction of sp³-hybridized carbons (Fsp3) is 0.500. The molecule has 5 N–H and O–H groups in total. The van der Waals surface area contributed by atoms with Gasteiger partial charge in [-0.2, -0.15) is 4.98 Å². The summed E-state index contributed by atoms with van der Waals surface area (Å²) < 4.78 is 21.4. The summed E-state index contributed by atoms with van der Waals surface area (Å²) in [6, 6.07) is 1.46. The highest BCUT2D eigenvalue weighted by atomic mass is 19.1. The lowest BCUT2D eigenvalue weighted by atomic mass is 9.98. The first kappa shape index (κ1) is 14.0. The summed E-state index contributed by atoms with van der Waals surface area (Å²) in [5, 5.41) is 19.2. The molecule has 4 atom stereocenters. The molecule has 114 valence electrons. The Bertz CT molecular complexity index is 740. The number of nitrogens with one attached hydrogen (secondary N) is 1. The van der Waals surface area contributed by atoms with Crippen molar-refractivity contribution in [2.24, 2.45) is 0 Å². The van der Waals surface area contributed by atoms with E-state index in [0.717, 1.165) is 0 Å². The minimum Gasteiger partial charge on any atom is -0.394 e. The van der Waals surface area contributed by atoms with Gasteiger partial charge in [-0.3, -0.25) is 9.78 Å². The Morgan fingerprint density at radius 3 is 3.00 bits per heavy atom. The molecule has 0 bridgehead atoms. The molecule has 2 aromatic heterocycles. The van der Waals surface area contributed by atoms with Gasteiger partial charge in [-0.1, -0.05) is 0 Å². The van der Waals surface area contributed by atoms with Crippen LogP contribution in [-0.2, 0) is 4.74 Å². The molecule has 0 radical (unpaired) electrons. The van der Waals surface area contributed by atoms with E-state index in [9.17, 15) is 14.3 Å². The molecule has 1 aliphatic heterocycles. The van der Waals surface area contributed by atoms with Crippen LogP contribution in [0.1, 0.15) is 13.2 Å². The highest BCUT2D eigenvalue weighted by Crippen LogP contribution is 2.42. The summed E-state index contributed by atoms with van der Waals surface area (Å²) in [6.07, 6.45) is -2.34. The largest absolute Gasteiger partial charge is 0.394 e.